The first-order valence-corrected chi connectivity index (χ1v) is 8.62. The normalized spacial score (nSPS) is 10.7. The number of amides is 1. The molecule has 0 aliphatic heterocycles. The third kappa shape index (κ3) is 5.23. The summed E-state index contributed by atoms with van der Waals surface area (Å²) in [6, 6.07) is 7.36. The number of anilines is 1. The molecule has 23 heavy (non-hydrogen) atoms. The fourth-order valence-electron chi connectivity index (χ4n) is 2.12. The number of nitrogens with one attached hydrogen (secondary N) is 1. The predicted octanol–water partition coefficient (Wildman–Crippen LogP) is 3.60. The highest BCUT2D eigenvalue weighted by atomic mass is 79.9. The number of ether oxygens (including phenoxy) is 2. The molecule has 1 aromatic carbocycles. The summed E-state index contributed by atoms with van der Waals surface area (Å²) in [7, 11) is 5.06. The van der Waals surface area contributed by atoms with Gasteiger partial charge in [-0.1, -0.05) is 0 Å². The van der Waals surface area contributed by atoms with Gasteiger partial charge in [0.2, 0.25) is 5.91 Å². The van der Waals surface area contributed by atoms with Gasteiger partial charge in [0.05, 0.1) is 20.8 Å². The maximum absolute atomic E-state index is 12.1. The van der Waals surface area contributed by atoms with Gasteiger partial charge in [0.15, 0.2) is 11.5 Å². The van der Waals surface area contributed by atoms with E-state index in [2.05, 4.69) is 27.3 Å². The summed E-state index contributed by atoms with van der Waals surface area (Å²) in [5.74, 6) is 1.14. The van der Waals surface area contributed by atoms with Crippen molar-refractivity contribution in [1.29, 1.82) is 0 Å². The minimum Gasteiger partial charge on any atom is -0.493 e. The Labute approximate surface area is 148 Å². The molecule has 0 saturated heterocycles. The van der Waals surface area contributed by atoms with Gasteiger partial charge in [-0.25, -0.2) is 0 Å². The fraction of sp³-hybridized carbons (Fsp3) is 0.312. The lowest BCUT2D eigenvalue weighted by Gasteiger charge is -2.16. The number of carbonyl (C=O) groups excluding carboxylic acids is 1. The number of hydrogen-bond acceptors (Lipinski definition) is 5. The molecule has 0 atom stereocenters. The van der Waals surface area contributed by atoms with Crippen LogP contribution in [0.3, 0.4) is 0 Å². The number of methoxy groups -OCH3 is 2. The van der Waals surface area contributed by atoms with E-state index in [-0.39, 0.29) is 5.91 Å². The van der Waals surface area contributed by atoms with E-state index in [4.69, 9.17) is 9.47 Å². The Morgan fingerprint density at radius 3 is 2.61 bits per heavy atom. The molecular formula is C16H19BrN2O3S. The van der Waals surface area contributed by atoms with Crippen molar-refractivity contribution >= 4 is 38.9 Å². The van der Waals surface area contributed by atoms with E-state index >= 15 is 0 Å². The van der Waals surface area contributed by atoms with Crippen LogP contribution in [-0.4, -0.2) is 38.6 Å². The van der Waals surface area contributed by atoms with Crippen molar-refractivity contribution in [1.82, 2.24) is 4.90 Å². The van der Waals surface area contributed by atoms with Crippen LogP contribution in [0.1, 0.15) is 4.88 Å². The zero-order valence-corrected chi connectivity index (χ0v) is 15.7. The zero-order chi connectivity index (χ0) is 16.8. The summed E-state index contributed by atoms with van der Waals surface area (Å²) in [6.45, 7) is 1.04. The van der Waals surface area contributed by atoms with Crippen LogP contribution in [0.2, 0.25) is 0 Å². The Hall–Kier alpha value is -1.57. The Morgan fingerprint density at radius 2 is 2.00 bits per heavy atom. The molecule has 1 N–H and O–H groups in total. The molecule has 7 heteroatoms. The number of benzene rings is 1. The van der Waals surface area contributed by atoms with Gasteiger partial charge in [0.25, 0.3) is 0 Å². The van der Waals surface area contributed by atoms with E-state index in [0.29, 0.717) is 23.7 Å². The summed E-state index contributed by atoms with van der Waals surface area (Å²) in [6.07, 6.45) is 0. The van der Waals surface area contributed by atoms with Crippen LogP contribution in [0.4, 0.5) is 5.69 Å². The molecule has 0 aliphatic rings. The van der Waals surface area contributed by atoms with Crippen LogP contribution in [0.5, 0.6) is 11.5 Å². The average Bonchev–Trinajstić information content (AvgIpc) is 2.91. The van der Waals surface area contributed by atoms with Crippen molar-refractivity contribution in [3.8, 4) is 11.5 Å². The topological polar surface area (TPSA) is 50.8 Å². The molecule has 0 saturated carbocycles. The van der Waals surface area contributed by atoms with E-state index < -0.39 is 0 Å². The zero-order valence-electron chi connectivity index (χ0n) is 13.3. The number of likely N-dealkylation sites (N-methyl/N-ethyl adjacent to an activating group) is 1. The lowest BCUT2D eigenvalue weighted by molar-refractivity contribution is -0.117. The van der Waals surface area contributed by atoms with Crippen molar-refractivity contribution in [2.75, 3.05) is 33.1 Å². The van der Waals surface area contributed by atoms with Gasteiger partial charge in [-0.05, 0) is 41.2 Å². The molecule has 0 spiro atoms. The van der Waals surface area contributed by atoms with Gasteiger partial charge in [-0.3, -0.25) is 9.69 Å². The van der Waals surface area contributed by atoms with Gasteiger partial charge < -0.3 is 14.8 Å². The Balaban J connectivity index is 1.91. The summed E-state index contributed by atoms with van der Waals surface area (Å²) >= 11 is 5.10. The molecule has 0 unspecified atom stereocenters. The Morgan fingerprint density at radius 1 is 1.26 bits per heavy atom. The predicted molar refractivity (Wildman–Crippen MR) is 96.5 cm³/mol. The van der Waals surface area contributed by atoms with Gasteiger partial charge in [-0.15, -0.1) is 11.3 Å². The third-order valence-electron chi connectivity index (χ3n) is 3.13. The molecule has 1 heterocycles. The first kappa shape index (κ1) is 17.8. The van der Waals surface area contributed by atoms with Crippen molar-refractivity contribution in [2.24, 2.45) is 0 Å². The van der Waals surface area contributed by atoms with Gasteiger partial charge in [0, 0.05) is 33.0 Å². The smallest absolute Gasteiger partial charge is 0.238 e. The molecule has 124 valence electrons. The van der Waals surface area contributed by atoms with Crippen molar-refractivity contribution in [2.45, 2.75) is 6.54 Å². The van der Waals surface area contributed by atoms with Crippen LogP contribution in [0.25, 0.3) is 0 Å². The monoisotopic (exact) mass is 398 g/mol. The third-order valence-corrected chi connectivity index (χ3v) is 4.81. The highest BCUT2D eigenvalue weighted by Gasteiger charge is 2.10. The number of thiophene rings is 1. The lowest BCUT2D eigenvalue weighted by Crippen LogP contribution is -2.29. The first-order valence-electron chi connectivity index (χ1n) is 6.95. The van der Waals surface area contributed by atoms with Crippen molar-refractivity contribution in [3.63, 3.8) is 0 Å². The summed E-state index contributed by atoms with van der Waals surface area (Å²) < 4.78 is 11.5. The standard InChI is InChI=1S/C16H19BrN2O3S/c1-19(8-13-6-11(17)10-23-13)9-16(20)18-12-4-5-14(21-2)15(7-12)22-3/h4-7,10H,8-9H2,1-3H3,(H,18,20). The number of nitrogens with zero attached hydrogens (tertiary/aromatic N) is 1. The lowest BCUT2D eigenvalue weighted by atomic mass is 10.2. The number of hydrogen-bond donors (Lipinski definition) is 1. The van der Waals surface area contributed by atoms with Crippen LogP contribution < -0.4 is 14.8 Å². The summed E-state index contributed by atoms with van der Waals surface area (Å²) in [5, 5.41) is 4.90. The highest BCUT2D eigenvalue weighted by molar-refractivity contribution is 9.10. The summed E-state index contributed by atoms with van der Waals surface area (Å²) in [5.41, 5.74) is 0.680. The number of carbonyl (C=O) groups is 1. The van der Waals surface area contributed by atoms with E-state index in [9.17, 15) is 4.79 Å². The van der Waals surface area contributed by atoms with Crippen LogP contribution in [-0.2, 0) is 11.3 Å². The fourth-order valence-corrected chi connectivity index (χ4v) is 3.65. The largest absolute Gasteiger partial charge is 0.493 e. The first-order chi connectivity index (χ1) is 11.0. The van der Waals surface area contributed by atoms with Crippen LogP contribution >= 0.6 is 27.3 Å². The highest BCUT2D eigenvalue weighted by Crippen LogP contribution is 2.29. The molecule has 5 nitrogen and oxygen atoms in total. The van der Waals surface area contributed by atoms with Gasteiger partial charge in [0.1, 0.15) is 0 Å². The molecule has 0 bridgehead atoms. The average molecular weight is 399 g/mol. The van der Waals surface area contributed by atoms with Crippen LogP contribution in [0.15, 0.2) is 34.1 Å². The molecular weight excluding hydrogens is 380 g/mol. The second-order valence-corrected chi connectivity index (χ2v) is 6.93. The van der Waals surface area contributed by atoms with Crippen LogP contribution in [0, 0.1) is 0 Å². The molecule has 2 rings (SSSR count). The van der Waals surface area contributed by atoms with Crippen molar-refractivity contribution in [3.05, 3.63) is 39.0 Å². The summed E-state index contributed by atoms with van der Waals surface area (Å²) in [4.78, 5) is 15.3. The number of halogens is 1. The maximum Gasteiger partial charge on any atom is 0.238 e. The molecule has 0 aliphatic carbocycles. The van der Waals surface area contributed by atoms with E-state index in [1.54, 1.807) is 43.8 Å². The molecule has 1 amide bonds. The second-order valence-electron chi connectivity index (χ2n) is 5.02. The van der Waals surface area contributed by atoms with Gasteiger partial charge >= 0.3 is 0 Å². The molecule has 1 aromatic heterocycles. The minimum atomic E-state index is -0.0738. The minimum absolute atomic E-state index is 0.0738. The van der Waals surface area contributed by atoms with Gasteiger partial charge in [-0.2, -0.15) is 0 Å². The second kappa shape index (κ2) is 8.33. The Kier molecular flexibility index (Phi) is 6.44. The van der Waals surface area contributed by atoms with E-state index in [1.807, 2.05) is 17.3 Å². The van der Waals surface area contributed by atoms with E-state index in [0.717, 1.165) is 11.0 Å². The molecule has 0 fully saturated rings. The molecule has 2 aromatic rings. The SMILES string of the molecule is COc1ccc(NC(=O)CN(C)Cc2cc(Br)cs2)cc1OC. The molecule has 0 radical (unpaired) electrons. The number of rotatable bonds is 7. The Bertz CT molecular complexity index is 675. The van der Waals surface area contributed by atoms with Crippen molar-refractivity contribution < 1.29 is 14.3 Å². The maximum atomic E-state index is 12.1. The quantitative estimate of drug-likeness (QED) is 0.773. The van der Waals surface area contributed by atoms with E-state index in [1.165, 1.54) is 4.88 Å².